The molecule has 222 valence electrons. The topological polar surface area (TPSA) is 85.5 Å². The summed E-state index contributed by atoms with van der Waals surface area (Å²) in [5, 5.41) is 5.10. The van der Waals surface area contributed by atoms with Gasteiger partial charge >= 0.3 is 0 Å². The van der Waals surface area contributed by atoms with E-state index in [2.05, 4.69) is 70.3 Å². The maximum atomic E-state index is 14.6. The molecule has 10 heteroatoms. The fourth-order valence-electron chi connectivity index (χ4n) is 6.65. The summed E-state index contributed by atoms with van der Waals surface area (Å²) >= 11 is 3.63. The Hall–Kier alpha value is -3.76. The molecule has 5 heterocycles. The summed E-state index contributed by atoms with van der Waals surface area (Å²) in [6.45, 7) is 10.9. The fourth-order valence-corrected chi connectivity index (χ4v) is 7.07. The molecule has 0 bridgehead atoms. The van der Waals surface area contributed by atoms with E-state index in [1.165, 1.54) is 11.6 Å². The molecule has 2 aromatic heterocycles. The number of nitrogens with zero attached hydrogens (tertiary/aromatic N) is 6. The lowest BCUT2D eigenvalue weighted by molar-refractivity contribution is -0.126. The average Bonchev–Trinajstić information content (AvgIpc) is 3.53. The van der Waals surface area contributed by atoms with E-state index >= 15 is 0 Å². The van der Waals surface area contributed by atoms with E-state index < -0.39 is 0 Å². The van der Waals surface area contributed by atoms with Gasteiger partial charge in [-0.05, 0) is 64.2 Å². The summed E-state index contributed by atoms with van der Waals surface area (Å²) in [7, 11) is 0. The third kappa shape index (κ3) is 4.80. The van der Waals surface area contributed by atoms with Gasteiger partial charge in [-0.1, -0.05) is 32.6 Å². The lowest BCUT2D eigenvalue weighted by Crippen LogP contribution is -2.46. The monoisotopic (exact) mass is 642 g/mol. The molecule has 2 atom stereocenters. The predicted molar refractivity (Wildman–Crippen MR) is 167 cm³/mol. The van der Waals surface area contributed by atoms with Crippen molar-refractivity contribution in [2.45, 2.75) is 57.7 Å². The summed E-state index contributed by atoms with van der Waals surface area (Å²) in [5.74, 6) is 0.241. The Balaban J connectivity index is 1.31. The summed E-state index contributed by atoms with van der Waals surface area (Å²) in [4.78, 5) is 35.9. The maximum Gasteiger partial charge on any atom is 0.256 e. The average molecular weight is 644 g/mol. The molecule has 0 aliphatic carbocycles. The molecule has 2 aromatic carbocycles. The normalized spacial score (nSPS) is 19.7. The Labute approximate surface area is 259 Å². The Morgan fingerprint density at radius 3 is 2.63 bits per heavy atom. The lowest BCUT2D eigenvalue weighted by Gasteiger charge is -2.38. The minimum Gasteiger partial charge on any atom is -0.376 e. The SMILES string of the molecule is C=CC(=O)N1CCc2nn(-c3ccc(C(C)C)cc3)c3c2C(C1)N(C(=O)c1ccc(Br)c2ncn(CC4CCO4)c12)CC3. The number of hydrogen-bond acceptors (Lipinski definition) is 5. The first-order chi connectivity index (χ1) is 20.8. The van der Waals surface area contributed by atoms with Crippen LogP contribution in [-0.4, -0.2) is 73.3 Å². The van der Waals surface area contributed by atoms with E-state index in [1.807, 2.05) is 21.6 Å². The number of amides is 2. The van der Waals surface area contributed by atoms with Crippen molar-refractivity contribution < 1.29 is 14.3 Å². The molecule has 1 fully saturated rings. The molecule has 0 saturated carbocycles. The van der Waals surface area contributed by atoms with Crippen LogP contribution in [0.1, 0.15) is 65.1 Å². The highest BCUT2D eigenvalue weighted by Gasteiger charge is 2.40. The van der Waals surface area contributed by atoms with Gasteiger partial charge in [-0.2, -0.15) is 5.10 Å². The first kappa shape index (κ1) is 28.0. The highest BCUT2D eigenvalue weighted by molar-refractivity contribution is 9.10. The Morgan fingerprint density at radius 2 is 1.93 bits per heavy atom. The van der Waals surface area contributed by atoms with Crippen LogP contribution in [0, 0.1) is 0 Å². The molecule has 0 spiro atoms. The van der Waals surface area contributed by atoms with Crippen LogP contribution >= 0.6 is 15.9 Å². The molecule has 4 aromatic rings. The number of benzene rings is 2. The number of fused-ring (bicyclic) bond motifs is 1. The van der Waals surface area contributed by atoms with Gasteiger partial charge in [-0.25, -0.2) is 9.67 Å². The van der Waals surface area contributed by atoms with Crippen molar-refractivity contribution in [2.75, 3.05) is 26.2 Å². The Kier molecular flexibility index (Phi) is 7.21. The molecular weight excluding hydrogens is 608 g/mol. The summed E-state index contributed by atoms with van der Waals surface area (Å²) in [5.41, 5.74) is 7.57. The highest BCUT2D eigenvalue weighted by Crippen LogP contribution is 2.39. The second-order valence-corrected chi connectivity index (χ2v) is 12.8. The maximum absolute atomic E-state index is 14.6. The van der Waals surface area contributed by atoms with E-state index in [9.17, 15) is 9.59 Å². The molecule has 2 unspecified atom stereocenters. The van der Waals surface area contributed by atoms with Gasteiger partial charge < -0.3 is 19.1 Å². The minimum atomic E-state index is -0.327. The van der Waals surface area contributed by atoms with Gasteiger partial charge in [0, 0.05) is 49.1 Å². The summed E-state index contributed by atoms with van der Waals surface area (Å²) in [6, 6.07) is 12.0. The third-order valence-corrected chi connectivity index (χ3v) is 9.74. The molecule has 3 aliphatic rings. The molecule has 2 amide bonds. The van der Waals surface area contributed by atoms with Gasteiger partial charge in [0.05, 0.1) is 53.2 Å². The number of carbonyl (C=O) groups is 2. The Bertz CT molecular complexity index is 1740. The number of carbonyl (C=O) groups excluding carboxylic acids is 2. The molecule has 7 rings (SSSR count). The zero-order chi connectivity index (χ0) is 29.8. The number of rotatable bonds is 6. The summed E-state index contributed by atoms with van der Waals surface area (Å²) in [6.07, 6.45) is 5.56. The first-order valence-electron chi connectivity index (χ1n) is 15.0. The molecule has 0 N–H and O–H groups in total. The third-order valence-electron chi connectivity index (χ3n) is 9.10. The minimum absolute atomic E-state index is 0.0719. The Morgan fingerprint density at radius 1 is 1.14 bits per heavy atom. The second kappa shape index (κ2) is 11.1. The van der Waals surface area contributed by atoms with Crippen LogP contribution in [0.15, 0.2) is 59.9 Å². The van der Waals surface area contributed by atoms with Crippen LogP contribution in [-0.2, 0) is 28.9 Å². The van der Waals surface area contributed by atoms with Crippen molar-refractivity contribution in [2.24, 2.45) is 0 Å². The number of halogens is 1. The highest BCUT2D eigenvalue weighted by atomic mass is 79.9. The first-order valence-corrected chi connectivity index (χ1v) is 15.8. The predicted octanol–water partition coefficient (Wildman–Crippen LogP) is 5.21. The zero-order valence-corrected chi connectivity index (χ0v) is 26.1. The molecule has 9 nitrogen and oxygen atoms in total. The zero-order valence-electron chi connectivity index (χ0n) is 24.5. The van der Waals surface area contributed by atoms with E-state index in [4.69, 9.17) is 9.84 Å². The molecule has 3 aliphatic heterocycles. The van der Waals surface area contributed by atoms with Crippen molar-refractivity contribution >= 4 is 38.8 Å². The van der Waals surface area contributed by atoms with Crippen LogP contribution in [0.3, 0.4) is 0 Å². The van der Waals surface area contributed by atoms with Crippen LogP contribution < -0.4 is 0 Å². The van der Waals surface area contributed by atoms with E-state index in [0.717, 1.165) is 51.2 Å². The van der Waals surface area contributed by atoms with Gasteiger partial charge in [0.2, 0.25) is 5.91 Å². The fraction of sp³-hybridized carbons (Fsp3) is 0.394. The van der Waals surface area contributed by atoms with E-state index in [1.54, 1.807) is 11.2 Å². The van der Waals surface area contributed by atoms with Crippen LogP contribution in [0.2, 0.25) is 0 Å². The second-order valence-electron chi connectivity index (χ2n) is 11.9. The largest absolute Gasteiger partial charge is 0.376 e. The van der Waals surface area contributed by atoms with Crippen molar-refractivity contribution in [3.8, 4) is 5.69 Å². The molecular formula is C33H35BrN6O3. The van der Waals surface area contributed by atoms with E-state index in [-0.39, 0.29) is 24.0 Å². The van der Waals surface area contributed by atoms with Crippen molar-refractivity contribution in [3.63, 3.8) is 0 Å². The van der Waals surface area contributed by atoms with Crippen LogP contribution in [0.25, 0.3) is 16.7 Å². The van der Waals surface area contributed by atoms with Gasteiger partial charge in [-0.3, -0.25) is 9.59 Å². The van der Waals surface area contributed by atoms with Crippen molar-refractivity contribution in [3.05, 3.63) is 87.9 Å². The number of ether oxygens (including phenoxy) is 1. The molecule has 0 radical (unpaired) electrons. The molecule has 1 saturated heterocycles. The van der Waals surface area contributed by atoms with Crippen molar-refractivity contribution in [1.82, 2.24) is 29.1 Å². The van der Waals surface area contributed by atoms with E-state index in [0.29, 0.717) is 50.5 Å². The lowest BCUT2D eigenvalue weighted by atomic mass is 9.94. The molecule has 43 heavy (non-hydrogen) atoms. The van der Waals surface area contributed by atoms with Gasteiger partial charge in [0.25, 0.3) is 5.91 Å². The number of aromatic nitrogens is 4. The van der Waals surface area contributed by atoms with Crippen LogP contribution in [0.4, 0.5) is 0 Å². The van der Waals surface area contributed by atoms with Gasteiger partial charge in [0.1, 0.15) is 5.52 Å². The van der Waals surface area contributed by atoms with Crippen LogP contribution in [0.5, 0.6) is 0 Å². The standard InChI is InChI=1S/C33H35BrN6O3/c1-4-29(41)37-14-11-26-30-27(40(36-26)22-7-5-21(6-8-22)20(2)3)12-15-39(28(30)18-37)33(42)24-9-10-25(34)31-32(24)38(19-35-31)17-23-13-16-43-23/h4-10,19-20,23,28H,1,11-18H2,2-3H3. The number of imidazole rings is 1. The number of hydrogen-bond donors (Lipinski definition) is 0. The quantitative estimate of drug-likeness (QED) is 0.270. The van der Waals surface area contributed by atoms with Crippen molar-refractivity contribution in [1.29, 1.82) is 0 Å². The van der Waals surface area contributed by atoms with Gasteiger partial charge in [0.15, 0.2) is 0 Å². The van der Waals surface area contributed by atoms with Gasteiger partial charge in [-0.15, -0.1) is 0 Å². The smallest absolute Gasteiger partial charge is 0.256 e. The summed E-state index contributed by atoms with van der Waals surface area (Å²) < 4.78 is 10.6.